The summed E-state index contributed by atoms with van der Waals surface area (Å²) in [5.74, 6) is 0.859. The standard InChI is InChI=1S/C18H20BrNO3/c1-4-13-10-12(2)8-9-17(13)23-11-14-15(19)6-5-7-16(14)20-18(21)22-3/h5-10H,4,11H2,1-3H3,(H,20,21). The molecule has 4 nitrogen and oxygen atoms in total. The van der Waals surface area contributed by atoms with Gasteiger partial charge in [-0.05, 0) is 37.1 Å². The molecule has 23 heavy (non-hydrogen) atoms. The average Bonchev–Trinajstić information content (AvgIpc) is 2.55. The zero-order valence-electron chi connectivity index (χ0n) is 13.5. The van der Waals surface area contributed by atoms with Gasteiger partial charge in [0, 0.05) is 10.0 Å². The van der Waals surface area contributed by atoms with Crippen LogP contribution in [0.3, 0.4) is 0 Å². The molecule has 0 saturated carbocycles. The van der Waals surface area contributed by atoms with Gasteiger partial charge in [-0.2, -0.15) is 0 Å². The van der Waals surface area contributed by atoms with E-state index in [0.717, 1.165) is 22.2 Å². The van der Waals surface area contributed by atoms with Crippen molar-refractivity contribution in [3.05, 3.63) is 57.6 Å². The van der Waals surface area contributed by atoms with Crippen molar-refractivity contribution in [2.45, 2.75) is 26.9 Å². The number of nitrogens with one attached hydrogen (secondary N) is 1. The van der Waals surface area contributed by atoms with Gasteiger partial charge >= 0.3 is 6.09 Å². The number of hydrogen-bond donors (Lipinski definition) is 1. The van der Waals surface area contributed by atoms with Crippen molar-refractivity contribution < 1.29 is 14.3 Å². The smallest absolute Gasteiger partial charge is 0.411 e. The molecule has 0 fully saturated rings. The quantitative estimate of drug-likeness (QED) is 0.790. The van der Waals surface area contributed by atoms with Crippen LogP contribution in [0.2, 0.25) is 0 Å². The summed E-state index contributed by atoms with van der Waals surface area (Å²) < 4.78 is 11.5. The number of anilines is 1. The Morgan fingerprint density at radius 3 is 2.74 bits per heavy atom. The maximum absolute atomic E-state index is 11.5. The second kappa shape index (κ2) is 8.02. The molecule has 2 aromatic rings. The third-order valence-corrected chi connectivity index (χ3v) is 4.25. The summed E-state index contributed by atoms with van der Waals surface area (Å²) in [6, 6.07) is 11.7. The molecular formula is C18H20BrNO3. The molecule has 1 amide bonds. The average molecular weight is 378 g/mol. The van der Waals surface area contributed by atoms with Crippen LogP contribution in [0.4, 0.5) is 10.5 Å². The number of carbonyl (C=O) groups is 1. The van der Waals surface area contributed by atoms with Crippen molar-refractivity contribution in [1.82, 2.24) is 0 Å². The Kier molecular flexibility index (Phi) is 6.04. The maximum atomic E-state index is 11.5. The van der Waals surface area contributed by atoms with Gasteiger partial charge in [0.15, 0.2) is 0 Å². The Morgan fingerprint density at radius 2 is 2.04 bits per heavy atom. The lowest BCUT2D eigenvalue weighted by atomic mass is 10.1. The summed E-state index contributed by atoms with van der Waals surface area (Å²) in [7, 11) is 1.34. The van der Waals surface area contributed by atoms with Crippen LogP contribution in [0, 0.1) is 6.92 Å². The highest BCUT2D eigenvalue weighted by Crippen LogP contribution is 2.28. The molecule has 0 radical (unpaired) electrons. The zero-order chi connectivity index (χ0) is 16.8. The summed E-state index contributed by atoms with van der Waals surface area (Å²) >= 11 is 3.51. The molecule has 1 N–H and O–H groups in total. The Labute approximate surface area is 144 Å². The summed E-state index contributed by atoms with van der Waals surface area (Å²) in [6.07, 6.45) is 0.397. The number of aryl methyl sites for hydroxylation is 2. The SMILES string of the molecule is CCc1cc(C)ccc1OCc1c(Br)cccc1NC(=O)OC. The molecule has 0 atom stereocenters. The van der Waals surface area contributed by atoms with Crippen LogP contribution in [-0.4, -0.2) is 13.2 Å². The molecule has 0 aliphatic carbocycles. The predicted octanol–water partition coefficient (Wildman–Crippen LogP) is 5.08. The first-order valence-corrected chi connectivity index (χ1v) is 8.19. The van der Waals surface area contributed by atoms with Gasteiger partial charge in [-0.25, -0.2) is 4.79 Å². The lowest BCUT2D eigenvalue weighted by Crippen LogP contribution is -2.13. The highest BCUT2D eigenvalue weighted by atomic mass is 79.9. The van der Waals surface area contributed by atoms with Crippen molar-refractivity contribution in [2.24, 2.45) is 0 Å². The molecule has 0 aromatic heterocycles. The second-order valence-electron chi connectivity index (χ2n) is 5.14. The van der Waals surface area contributed by atoms with E-state index in [1.807, 2.05) is 30.3 Å². The molecule has 0 aliphatic heterocycles. The van der Waals surface area contributed by atoms with E-state index in [1.165, 1.54) is 18.2 Å². The maximum Gasteiger partial charge on any atom is 0.411 e. The van der Waals surface area contributed by atoms with Gasteiger partial charge in [-0.1, -0.05) is 46.6 Å². The number of carbonyl (C=O) groups excluding carboxylic acids is 1. The van der Waals surface area contributed by atoms with E-state index in [2.05, 4.69) is 45.9 Å². The van der Waals surface area contributed by atoms with E-state index in [0.29, 0.717) is 12.3 Å². The van der Waals surface area contributed by atoms with Gasteiger partial charge in [0.25, 0.3) is 0 Å². The van der Waals surface area contributed by atoms with E-state index < -0.39 is 6.09 Å². The normalized spacial score (nSPS) is 10.3. The lowest BCUT2D eigenvalue weighted by Gasteiger charge is -2.15. The van der Waals surface area contributed by atoms with Crippen molar-refractivity contribution in [2.75, 3.05) is 12.4 Å². The first kappa shape index (κ1) is 17.3. The van der Waals surface area contributed by atoms with Gasteiger partial charge in [0.2, 0.25) is 0 Å². The number of ether oxygens (including phenoxy) is 2. The fourth-order valence-electron chi connectivity index (χ4n) is 2.26. The summed E-state index contributed by atoms with van der Waals surface area (Å²) in [6.45, 7) is 4.51. The van der Waals surface area contributed by atoms with Crippen LogP contribution in [-0.2, 0) is 17.8 Å². The summed E-state index contributed by atoms with van der Waals surface area (Å²) in [5.41, 5.74) is 3.90. The third-order valence-electron chi connectivity index (χ3n) is 3.51. The molecule has 2 aromatic carbocycles. The predicted molar refractivity (Wildman–Crippen MR) is 95.1 cm³/mol. The van der Waals surface area contributed by atoms with Crippen molar-refractivity contribution in [3.63, 3.8) is 0 Å². The van der Waals surface area contributed by atoms with Crippen LogP contribution in [0.25, 0.3) is 0 Å². The van der Waals surface area contributed by atoms with Crippen LogP contribution >= 0.6 is 15.9 Å². The topological polar surface area (TPSA) is 47.6 Å². The molecule has 5 heteroatoms. The zero-order valence-corrected chi connectivity index (χ0v) is 15.1. The largest absolute Gasteiger partial charge is 0.489 e. The Balaban J connectivity index is 2.22. The van der Waals surface area contributed by atoms with Gasteiger partial charge in [-0.3, -0.25) is 5.32 Å². The van der Waals surface area contributed by atoms with E-state index in [1.54, 1.807) is 0 Å². The third kappa shape index (κ3) is 4.48. The minimum Gasteiger partial charge on any atom is -0.489 e. The number of hydrogen-bond acceptors (Lipinski definition) is 3. The molecular weight excluding hydrogens is 358 g/mol. The van der Waals surface area contributed by atoms with Gasteiger partial charge in [-0.15, -0.1) is 0 Å². The fourth-order valence-corrected chi connectivity index (χ4v) is 2.74. The number of amides is 1. The first-order valence-electron chi connectivity index (χ1n) is 7.39. The number of methoxy groups -OCH3 is 1. The van der Waals surface area contributed by atoms with E-state index in [9.17, 15) is 4.79 Å². The minimum absolute atomic E-state index is 0.344. The lowest BCUT2D eigenvalue weighted by molar-refractivity contribution is 0.187. The first-order chi connectivity index (χ1) is 11.0. The summed E-state index contributed by atoms with van der Waals surface area (Å²) in [4.78, 5) is 11.5. The number of rotatable bonds is 5. The van der Waals surface area contributed by atoms with E-state index in [4.69, 9.17) is 4.74 Å². The summed E-state index contributed by atoms with van der Waals surface area (Å²) in [5, 5.41) is 2.70. The highest BCUT2D eigenvalue weighted by Gasteiger charge is 2.12. The van der Waals surface area contributed by atoms with Crippen molar-refractivity contribution >= 4 is 27.7 Å². The van der Waals surface area contributed by atoms with E-state index >= 15 is 0 Å². The van der Waals surface area contributed by atoms with Crippen molar-refractivity contribution in [3.8, 4) is 5.75 Å². The highest BCUT2D eigenvalue weighted by molar-refractivity contribution is 9.10. The van der Waals surface area contributed by atoms with Crippen molar-refractivity contribution in [1.29, 1.82) is 0 Å². The Hall–Kier alpha value is -2.01. The fraction of sp³-hybridized carbons (Fsp3) is 0.278. The molecule has 2 rings (SSSR count). The van der Waals surface area contributed by atoms with Crippen LogP contribution in [0.1, 0.15) is 23.6 Å². The molecule has 0 saturated heterocycles. The van der Waals surface area contributed by atoms with Gasteiger partial charge < -0.3 is 9.47 Å². The van der Waals surface area contributed by atoms with E-state index in [-0.39, 0.29) is 0 Å². The molecule has 0 heterocycles. The van der Waals surface area contributed by atoms with Gasteiger partial charge in [0.05, 0.1) is 12.8 Å². The van der Waals surface area contributed by atoms with Gasteiger partial charge in [0.1, 0.15) is 12.4 Å². The second-order valence-corrected chi connectivity index (χ2v) is 5.99. The molecule has 0 aliphatic rings. The number of halogens is 1. The van der Waals surface area contributed by atoms with Crippen LogP contribution in [0.15, 0.2) is 40.9 Å². The molecule has 122 valence electrons. The Morgan fingerprint density at radius 1 is 1.26 bits per heavy atom. The van der Waals surface area contributed by atoms with Crippen LogP contribution < -0.4 is 10.1 Å². The molecule has 0 spiro atoms. The van der Waals surface area contributed by atoms with Crippen LogP contribution in [0.5, 0.6) is 5.75 Å². The molecule has 0 unspecified atom stereocenters. The Bertz CT molecular complexity index is 701. The molecule has 0 bridgehead atoms. The number of benzene rings is 2. The minimum atomic E-state index is -0.506. The monoisotopic (exact) mass is 377 g/mol.